The molecule has 0 aliphatic carbocycles. The minimum atomic E-state index is -4.38. The summed E-state index contributed by atoms with van der Waals surface area (Å²) in [5.74, 6) is 0. The van der Waals surface area contributed by atoms with E-state index in [0.29, 0.717) is 12.1 Å². The van der Waals surface area contributed by atoms with Crippen LogP contribution in [0.1, 0.15) is 18.3 Å². The van der Waals surface area contributed by atoms with Crippen LogP contribution in [0.3, 0.4) is 0 Å². The summed E-state index contributed by atoms with van der Waals surface area (Å²) in [5, 5.41) is -0.217. The average molecular weight is 224 g/mol. The lowest BCUT2D eigenvalue weighted by atomic mass is 10.2. The SMILES string of the molecule is CC(Cl)Cc1cccc(C(F)(F)F)n1. The van der Waals surface area contributed by atoms with Crippen molar-refractivity contribution in [2.75, 3.05) is 0 Å². The third-order valence-electron chi connectivity index (χ3n) is 1.59. The lowest BCUT2D eigenvalue weighted by molar-refractivity contribution is -0.141. The highest BCUT2D eigenvalue weighted by Crippen LogP contribution is 2.27. The van der Waals surface area contributed by atoms with Gasteiger partial charge in [0.2, 0.25) is 0 Å². The van der Waals surface area contributed by atoms with Crippen LogP contribution in [0.4, 0.5) is 13.2 Å². The first-order valence-corrected chi connectivity index (χ1v) is 4.50. The number of hydrogen-bond donors (Lipinski definition) is 0. The Morgan fingerprint density at radius 1 is 1.43 bits per heavy atom. The summed E-state index contributed by atoms with van der Waals surface area (Å²) in [6, 6.07) is 3.82. The Hall–Kier alpha value is -0.770. The highest BCUT2D eigenvalue weighted by Gasteiger charge is 2.32. The standard InChI is InChI=1S/C9H9ClF3N/c1-6(10)5-7-3-2-4-8(14-7)9(11,12)13/h2-4,6H,5H2,1H3. The summed E-state index contributed by atoms with van der Waals surface area (Å²) >= 11 is 5.66. The number of nitrogens with zero attached hydrogens (tertiary/aromatic N) is 1. The van der Waals surface area contributed by atoms with E-state index in [4.69, 9.17) is 11.6 Å². The third-order valence-corrected chi connectivity index (χ3v) is 1.74. The maximum Gasteiger partial charge on any atom is 0.433 e. The lowest BCUT2D eigenvalue weighted by Crippen LogP contribution is -2.10. The van der Waals surface area contributed by atoms with Gasteiger partial charge in [-0.2, -0.15) is 13.2 Å². The molecule has 1 heterocycles. The normalized spacial score (nSPS) is 14.1. The van der Waals surface area contributed by atoms with Crippen molar-refractivity contribution < 1.29 is 13.2 Å². The summed E-state index contributed by atoms with van der Waals surface area (Å²) in [7, 11) is 0. The second-order valence-corrected chi connectivity index (χ2v) is 3.74. The first-order chi connectivity index (χ1) is 6.39. The van der Waals surface area contributed by atoms with Crippen LogP contribution in [0.5, 0.6) is 0 Å². The molecule has 0 N–H and O–H groups in total. The van der Waals surface area contributed by atoms with Crippen LogP contribution in [0, 0.1) is 0 Å². The average Bonchev–Trinajstić information content (AvgIpc) is 2.01. The van der Waals surface area contributed by atoms with Gasteiger partial charge in [0.1, 0.15) is 5.69 Å². The van der Waals surface area contributed by atoms with E-state index in [-0.39, 0.29) is 5.38 Å². The predicted octanol–water partition coefficient (Wildman–Crippen LogP) is 3.27. The van der Waals surface area contributed by atoms with E-state index in [0.717, 1.165) is 6.07 Å². The Balaban J connectivity index is 2.90. The Bertz CT molecular complexity index is 309. The molecule has 0 fully saturated rings. The van der Waals surface area contributed by atoms with Crippen molar-refractivity contribution in [1.82, 2.24) is 4.98 Å². The first-order valence-electron chi connectivity index (χ1n) is 4.07. The molecule has 0 radical (unpaired) electrons. The summed E-state index contributed by atoms with van der Waals surface area (Å²) < 4.78 is 36.6. The van der Waals surface area contributed by atoms with Gasteiger partial charge >= 0.3 is 6.18 Å². The van der Waals surface area contributed by atoms with Gasteiger partial charge < -0.3 is 0 Å². The van der Waals surface area contributed by atoms with Gasteiger partial charge in [-0.25, -0.2) is 4.98 Å². The van der Waals surface area contributed by atoms with Gasteiger partial charge in [-0.3, -0.25) is 0 Å². The third kappa shape index (κ3) is 3.18. The molecule has 0 saturated carbocycles. The monoisotopic (exact) mass is 223 g/mol. The topological polar surface area (TPSA) is 12.9 Å². The number of alkyl halides is 4. The molecule has 0 saturated heterocycles. The van der Waals surface area contributed by atoms with Gasteiger partial charge in [0.05, 0.1) is 0 Å². The van der Waals surface area contributed by atoms with Gasteiger partial charge in [-0.15, -0.1) is 11.6 Å². The van der Waals surface area contributed by atoms with Gasteiger partial charge in [-0.05, 0) is 19.1 Å². The van der Waals surface area contributed by atoms with Crippen LogP contribution in [-0.2, 0) is 12.6 Å². The zero-order valence-electron chi connectivity index (χ0n) is 7.48. The van der Waals surface area contributed by atoms with Crippen molar-refractivity contribution in [3.63, 3.8) is 0 Å². The van der Waals surface area contributed by atoms with Crippen molar-refractivity contribution in [2.24, 2.45) is 0 Å². The Kier molecular flexibility index (Phi) is 3.37. The molecule has 1 unspecified atom stereocenters. The fourth-order valence-electron chi connectivity index (χ4n) is 1.04. The molecule has 1 aromatic rings. The van der Waals surface area contributed by atoms with E-state index < -0.39 is 11.9 Å². The number of halogens is 4. The number of pyridine rings is 1. The molecule has 0 bridgehead atoms. The molecule has 0 amide bonds. The lowest BCUT2D eigenvalue weighted by Gasteiger charge is -2.08. The molecule has 0 aliphatic heterocycles. The molecule has 14 heavy (non-hydrogen) atoms. The summed E-state index contributed by atoms with van der Waals surface area (Å²) in [5.41, 5.74) is -0.505. The second-order valence-electron chi connectivity index (χ2n) is 3.00. The van der Waals surface area contributed by atoms with Gasteiger partial charge in [0.15, 0.2) is 0 Å². The summed E-state index contributed by atoms with van der Waals surface area (Å²) in [6.45, 7) is 1.71. The van der Waals surface area contributed by atoms with Crippen LogP contribution >= 0.6 is 11.6 Å². The maximum atomic E-state index is 12.2. The second kappa shape index (κ2) is 4.17. The largest absolute Gasteiger partial charge is 0.433 e. The molecule has 0 aliphatic rings. The van der Waals surface area contributed by atoms with Crippen molar-refractivity contribution in [3.05, 3.63) is 29.6 Å². The number of hydrogen-bond acceptors (Lipinski definition) is 1. The molecule has 0 spiro atoms. The van der Waals surface area contributed by atoms with Crippen molar-refractivity contribution in [2.45, 2.75) is 24.9 Å². The van der Waals surface area contributed by atoms with E-state index in [2.05, 4.69) is 4.98 Å². The smallest absolute Gasteiger partial charge is 0.248 e. The van der Waals surface area contributed by atoms with Crippen molar-refractivity contribution in [3.8, 4) is 0 Å². The highest BCUT2D eigenvalue weighted by atomic mass is 35.5. The van der Waals surface area contributed by atoms with Gasteiger partial charge in [-0.1, -0.05) is 6.07 Å². The molecule has 1 nitrogen and oxygen atoms in total. The molecule has 78 valence electrons. The molecule has 0 aromatic carbocycles. The van der Waals surface area contributed by atoms with E-state index in [9.17, 15) is 13.2 Å². The van der Waals surface area contributed by atoms with Crippen LogP contribution in [0.15, 0.2) is 18.2 Å². The minimum absolute atomic E-state index is 0.217. The Labute approximate surface area is 84.9 Å². The Morgan fingerprint density at radius 3 is 2.57 bits per heavy atom. The minimum Gasteiger partial charge on any atom is -0.248 e. The molecule has 1 atom stereocenters. The summed E-state index contributed by atoms with van der Waals surface area (Å²) in [6.07, 6.45) is -4.04. The van der Waals surface area contributed by atoms with Gasteiger partial charge in [0, 0.05) is 17.5 Å². The van der Waals surface area contributed by atoms with Crippen molar-refractivity contribution in [1.29, 1.82) is 0 Å². The fraction of sp³-hybridized carbons (Fsp3) is 0.444. The fourth-order valence-corrected chi connectivity index (χ4v) is 1.20. The maximum absolute atomic E-state index is 12.2. The van der Waals surface area contributed by atoms with Crippen molar-refractivity contribution >= 4 is 11.6 Å². The van der Waals surface area contributed by atoms with E-state index in [1.807, 2.05) is 0 Å². The van der Waals surface area contributed by atoms with E-state index in [1.165, 1.54) is 12.1 Å². The quantitative estimate of drug-likeness (QED) is 0.702. The van der Waals surface area contributed by atoms with Crippen LogP contribution in [0.25, 0.3) is 0 Å². The molecule has 1 rings (SSSR count). The zero-order chi connectivity index (χ0) is 10.8. The van der Waals surface area contributed by atoms with Crippen LogP contribution in [0.2, 0.25) is 0 Å². The Morgan fingerprint density at radius 2 is 2.07 bits per heavy atom. The molecular weight excluding hydrogens is 215 g/mol. The predicted molar refractivity (Wildman–Crippen MR) is 48.3 cm³/mol. The molecule has 1 aromatic heterocycles. The highest BCUT2D eigenvalue weighted by molar-refractivity contribution is 6.20. The first kappa shape index (κ1) is 11.3. The zero-order valence-corrected chi connectivity index (χ0v) is 8.23. The molecular formula is C9H9ClF3N. The molecule has 5 heteroatoms. The van der Waals surface area contributed by atoms with E-state index in [1.54, 1.807) is 6.92 Å². The number of rotatable bonds is 2. The van der Waals surface area contributed by atoms with Gasteiger partial charge in [0.25, 0.3) is 0 Å². The number of aromatic nitrogens is 1. The van der Waals surface area contributed by atoms with Crippen LogP contribution < -0.4 is 0 Å². The van der Waals surface area contributed by atoms with Crippen LogP contribution in [-0.4, -0.2) is 10.4 Å². The van der Waals surface area contributed by atoms with E-state index >= 15 is 0 Å². The summed E-state index contributed by atoms with van der Waals surface area (Å²) in [4.78, 5) is 3.47.